The fourth-order valence-corrected chi connectivity index (χ4v) is 3.01. The van der Waals surface area contributed by atoms with Gasteiger partial charge in [-0.15, -0.1) is 12.4 Å². The number of hydrogen-bond donors (Lipinski definition) is 1. The van der Waals surface area contributed by atoms with Crippen molar-refractivity contribution in [3.05, 3.63) is 28.3 Å². The summed E-state index contributed by atoms with van der Waals surface area (Å²) in [6.07, 6.45) is 0. The highest BCUT2D eigenvalue weighted by molar-refractivity contribution is 7.22. The van der Waals surface area contributed by atoms with Crippen LogP contribution < -0.4 is 10.2 Å². The lowest BCUT2D eigenvalue weighted by Crippen LogP contribution is -2.43. The van der Waals surface area contributed by atoms with Gasteiger partial charge in [-0.05, 0) is 6.07 Å². The quantitative estimate of drug-likeness (QED) is 0.679. The van der Waals surface area contributed by atoms with Gasteiger partial charge in [-0.25, -0.2) is 4.98 Å². The van der Waals surface area contributed by atoms with Gasteiger partial charge in [-0.2, -0.15) is 0 Å². The van der Waals surface area contributed by atoms with Gasteiger partial charge >= 0.3 is 0 Å². The number of rotatable bonds is 2. The Hall–Kier alpha value is -1.44. The average Bonchev–Trinajstić information content (AvgIpc) is 2.82. The monoisotopic (exact) mass is 300 g/mol. The normalized spacial score (nSPS) is 15.3. The van der Waals surface area contributed by atoms with E-state index in [9.17, 15) is 10.1 Å². The molecule has 0 saturated carbocycles. The fourth-order valence-electron chi connectivity index (χ4n) is 2.01. The largest absolute Gasteiger partial charge is 0.346 e. The number of anilines is 1. The first-order valence-corrected chi connectivity index (χ1v) is 6.56. The molecule has 1 aliphatic rings. The van der Waals surface area contributed by atoms with E-state index in [1.165, 1.54) is 12.1 Å². The van der Waals surface area contributed by atoms with Gasteiger partial charge in [0.05, 0.1) is 15.1 Å². The molecule has 2 heterocycles. The highest BCUT2D eigenvalue weighted by Crippen LogP contribution is 2.31. The Morgan fingerprint density at radius 2 is 2.11 bits per heavy atom. The van der Waals surface area contributed by atoms with E-state index < -0.39 is 0 Å². The molecule has 0 spiro atoms. The van der Waals surface area contributed by atoms with E-state index in [0.717, 1.165) is 36.0 Å². The molecule has 0 atom stereocenters. The van der Waals surface area contributed by atoms with Crippen LogP contribution in [0.15, 0.2) is 18.2 Å². The number of nitrogens with one attached hydrogen (secondary N) is 1. The van der Waals surface area contributed by atoms with Crippen LogP contribution in [0.25, 0.3) is 10.2 Å². The van der Waals surface area contributed by atoms with Crippen molar-refractivity contribution >= 4 is 44.8 Å². The Balaban J connectivity index is 0.00000133. The minimum atomic E-state index is -0.386. The van der Waals surface area contributed by atoms with Crippen molar-refractivity contribution in [1.82, 2.24) is 10.3 Å². The van der Waals surface area contributed by atoms with E-state index >= 15 is 0 Å². The molecule has 0 radical (unpaired) electrons. The van der Waals surface area contributed by atoms with Crippen molar-refractivity contribution in [1.29, 1.82) is 0 Å². The fraction of sp³-hybridized carbons (Fsp3) is 0.364. The molecule has 0 amide bonds. The van der Waals surface area contributed by atoms with Crippen molar-refractivity contribution in [2.45, 2.75) is 0 Å². The topological polar surface area (TPSA) is 71.3 Å². The summed E-state index contributed by atoms with van der Waals surface area (Å²) in [5, 5.41) is 15.0. The molecule has 0 unspecified atom stereocenters. The Bertz CT molecular complexity index is 597. The highest BCUT2D eigenvalue weighted by Gasteiger charge is 2.16. The summed E-state index contributed by atoms with van der Waals surface area (Å²) >= 11 is 1.59. The van der Waals surface area contributed by atoms with E-state index in [2.05, 4.69) is 15.2 Å². The summed E-state index contributed by atoms with van der Waals surface area (Å²) in [5.74, 6) is 0. The average molecular weight is 301 g/mol. The van der Waals surface area contributed by atoms with Crippen LogP contribution in [0.5, 0.6) is 0 Å². The lowest BCUT2D eigenvalue weighted by Gasteiger charge is -2.26. The SMILES string of the molecule is Cl.O=[N+]([O-])c1ccc2sc(N3CCNCC3)nc2c1. The first kappa shape index (κ1) is 14.0. The lowest BCUT2D eigenvalue weighted by molar-refractivity contribution is -0.384. The van der Waals surface area contributed by atoms with Crippen LogP contribution in [0.2, 0.25) is 0 Å². The third-order valence-electron chi connectivity index (χ3n) is 2.96. The van der Waals surface area contributed by atoms with Crippen molar-refractivity contribution in [2.24, 2.45) is 0 Å². The van der Waals surface area contributed by atoms with E-state index in [4.69, 9.17) is 0 Å². The molecule has 1 saturated heterocycles. The molecule has 1 fully saturated rings. The molecule has 19 heavy (non-hydrogen) atoms. The number of nitrogens with zero attached hydrogens (tertiary/aromatic N) is 3. The predicted molar refractivity (Wildman–Crippen MR) is 78.6 cm³/mol. The van der Waals surface area contributed by atoms with Gasteiger partial charge < -0.3 is 10.2 Å². The van der Waals surface area contributed by atoms with Gasteiger partial charge in [0, 0.05) is 38.3 Å². The molecular formula is C11H13ClN4O2S. The predicted octanol–water partition coefficient (Wildman–Crippen LogP) is 2.04. The van der Waals surface area contributed by atoms with E-state index in [1.54, 1.807) is 17.4 Å². The Morgan fingerprint density at radius 1 is 1.37 bits per heavy atom. The minimum absolute atomic E-state index is 0. The van der Waals surface area contributed by atoms with Gasteiger partial charge in [-0.3, -0.25) is 10.1 Å². The highest BCUT2D eigenvalue weighted by atomic mass is 35.5. The number of nitro benzene ring substituents is 1. The maximum absolute atomic E-state index is 10.7. The number of thiazole rings is 1. The number of non-ortho nitro benzene ring substituents is 1. The first-order valence-electron chi connectivity index (χ1n) is 5.75. The number of halogens is 1. The van der Waals surface area contributed by atoms with Crippen molar-refractivity contribution in [2.75, 3.05) is 31.1 Å². The maximum atomic E-state index is 10.7. The number of benzene rings is 1. The molecule has 0 bridgehead atoms. The van der Waals surface area contributed by atoms with Gasteiger partial charge in [0.2, 0.25) is 0 Å². The summed E-state index contributed by atoms with van der Waals surface area (Å²) in [5.41, 5.74) is 0.808. The van der Waals surface area contributed by atoms with E-state index in [1.807, 2.05) is 0 Å². The molecule has 1 aromatic heterocycles. The van der Waals surface area contributed by atoms with Gasteiger partial charge in [0.15, 0.2) is 5.13 Å². The molecular weight excluding hydrogens is 288 g/mol. The summed E-state index contributed by atoms with van der Waals surface area (Å²) < 4.78 is 0.995. The van der Waals surface area contributed by atoms with Crippen LogP contribution in [-0.4, -0.2) is 36.1 Å². The standard InChI is InChI=1S/C11H12N4O2S.ClH/c16-15(17)8-1-2-10-9(7-8)13-11(18-10)14-5-3-12-4-6-14;/h1-2,7,12H,3-6H2;1H. The number of piperazine rings is 1. The van der Waals surface area contributed by atoms with Crippen molar-refractivity contribution in [3.63, 3.8) is 0 Å². The van der Waals surface area contributed by atoms with Crippen LogP contribution in [0, 0.1) is 10.1 Å². The Morgan fingerprint density at radius 3 is 2.79 bits per heavy atom. The third kappa shape index (κ3) is 2.78. The molecule has 3 rings (SSSR count). The smallest absolute Gasteiger partial charge is 0.271 e. The zero-order valence-corrected chi connectivity index (χ0v) is 11.7. The van der Waals surface area contributed by atoms with Crippen LogP contribution in [0.3, 0.4) is 0 Å². The second kappa shape index (κ2) is 5.68. The molecule has 102 valence electrons. The van der Waals surface area contributed by atoms with Crippen molar-refractivity contribution in [3.8, 4) is 0 Å². The molecule has 1 N–H and O–H groups in total. The Kier molecular flexibility index (Phi) is 4.18. The number of fused-ring (bicyclic) bond motifs is 1. The van der Waals surface area contributed by atoms with Gasteiger partial charge in [0.1, 0.15) is 0 Å². The maximum Gasteiger partial charge on any atom is 0.271 e. The Labute approximate surface area is 120 Å². The van der Waals surface area contributed by atoms with E-state index in [0.29, 0.717) is 5.52 Å². The van der Waals surface area contributed by atoms with Crippen LogP contribution in [0.1, 0.15) is 0 Å². The number of aromatic nitrogens is 1. The third-order valence-corrected chi connectivity index (χ3v) is 4.06. The van der Waals surface area contributed by atoms with Crippen LogP contribution in [0.4, 0.5) is 10.8 Å². The molecule has 1 aliphatic heterocycles. The van der Waals surface area contributed by atoms with E-state index in [-0.39, 0.29) is 23.0 Å². The molecule has 1 aromatic carbocycles. The summed E-state index contributed by atoms with van der Waals surface area (Å²) in [7, 11) is 0. The first-order chi connectivity index (χ1) is 8.74. The zero-order valence-electron chi connectivity index (χ0n) is 10.0. The zero-order chi connectivity index (χ0) is 12.5. The lowest BCUT2D eigenvalue weighted by atomic mass is 10.3. The second-order valence-corrected chi connectivity index (χ2v) is 5.15. The van der Waals surface area contributed by atoms with Crippen molar-refractivity contribution < 1.29 is 4.92 Å². The molecule has 6 nitrogen and oxygen atoms in total. The second-order valence-electron chi connectivity index (χ2n) is 4.14. The minimum Gasteiger partial charge on any atom is -0.346 e. The number of nitro groups is 1. The summed E-state index contributed by atoms with van der Waals surface area (Å²) in [6.45, 7) is 3.77. The molecule has 2 aromatic rings. The molecule has 8 heteroatoms. The van der Waals surface area contributed by atoms with Crippen LogP contribution in [-0.2, 0) is 0 Å². The van der Waals surface area contributed by atoms with Gasteiger partial charge in [-0.1, -0.05) is 11.3 Å². The number of hydrogen-bond acceptors (Lipinski definition) is 6. The summed E-state index contributed by atoms with van der Waals surface area (Å²) in [4.78, 5) is 17.0. The van der Waals surface area contributed by atoms with Gasteiger partial charge in [0.25, 0.3) is 5.69 Å². The molecule has 0 aliphatic carbocycles. The summed E-state index contributed by atoms with van der Waals surface area (Å²) in [6, 6.07) is 4.84. The van der Waals surface area contributed by atoms with Crippen LogP contribution >= 0.6 is 23.7 Å².